The zero-order valence-corrected chi connectivity index (χ0v) is 10.9. The number of nitrogens with one attached hydrogen (secondary N) is 1. The minimum Gasteiger partial charge on any atom is -0.480 e. The molecule has 2 N–H and O–H groups in total. The quantitative estimate of drug-likeness (QED) is 0.857. The van der Waals surface area contributed by atoms with Crippen molar-refractivity contribution in [1.29, 1.82) is 0 Å². The topological polar surface area (TPSA) is 79.3 Å². The van der Waals surface area contributed by atoms with E-state index in [4.69, 9.17) is 16.7 Å². The van der Waals surface area contributed by atoms with Gasteiger partial charge in [0, 0.05) is 12.4 Å². The van der Waals surface area contributed by atoms with Crippen LogP contribution >= 0.6 is 11.6 Å². The second-order valence-corrected chi connectivity index (χ2v) is 4.44. The lowest BCUT2D eigenvalue weighted by Crippen LogP contribution is -2.45. The van der Waals surface area contributed by atoms with Crippen LogP contribution in [0.4, 0.5) is 0 Å². The summed E-state index contributed by atoms with van der Waals surface area (Å²) in [6, 6.07) is 0.550. The third kappa shape index (κ3) is 3.43. The van der Waals surface area contributed by atoms with Crippen molar-refractivity contribution >= 4 is 23.5 Å². The number of aliphatic carboxylic acids is 1. The number of rotatable bonds is 5. The average molecular weight is 271 g/mol. The Bertz CT molecular complexity index is 451. The number of carboxylic acids is 1. The van der Waals surface area contributed by atoms with Gasteiger partial charge < -0.3 is 10.4 Å². The smallest absolute Gasteiger partial charge is 0.326 e. The normalized spacial score (nSPS) is 13.7. The molecule has 1 unspecified atom stereocenters. The molecular weight excluding hydrogens is 256 g/mol. The molecule has 1 heterocycles. The highest BCUT2D eigenvalue weighted by Crippen LogP contribution is 2.15. The number of aromatic nitrogens is 1. The number of carbonyl (C=O) groups excluding carboxylic acids is 1. The molecule has 0 radical (unpaired) electrons. The molecule has 0 spiro atoms. The zero-order chi connectivity index (χ0) is 13.7. The first-order valence-electron chi connectivity index (χ1n) is 5.60. The Morgan fingerprint density at radius 3 is 2.72 bits per heavy atom. The van der Waals surface area contributed by atoms with Crippen molar-refractivity contribution in [3.05, 3.63) is 29.0 Å². The maximum absolute atomic E-state index is 11.9. The third-order valence-electron chi connectivity index (χ3n) is 2.78. The zero-order valence-electron chi connectivity index (χ0n) is 10.2. The van der Waals surface area contributed by atoms with E-state index in [1.54, 1.807) is 6.92 Å². The summed E-state index contributed by atoms with van der Waals surface area (Å²) in [4.78, 5) is 26.8. The average Bonchev–Trinajstić information content (AvgIpc) is 2.35. The van der Waals surface area contributed by atoms with E-state index in [0.717, 1.165) is 0 Å². The van der Waals surface area contributed by atoms with Crippen molar-refractivity contribution in [3.63, 3.8) is 0 Å². The van der Waals surface area contributed by atoms with Crippen molar-refractivity contribution in [1.82, 2.24) is 10.3 Å². The molecule has 0 aliphatic rings. The maximum atomic E-state index is 11.9. The molecule has 0 aliphatic carbocycles. The fourth-order valence-corrected chi connectivity index (χ4v) is 1.64. The summed E-state index contributed by atoms with van der Waals surface area (Å²) < 4.78 is 0. The number of pyridine rings is 1. The molecule has 1 aromatic rings. The Kier molecular flexibility index (Phi) is 5.09. The Hall–Kier alpha value is -1.62. The molecule has 0 saturated carbocycles. The van der Waals surface area contributed by atoms with Crippen LogP contribution in [0.3, 0.4) is 0 Å². The van der Waals surface area contributed by atoms with Gasteiger partial charge in [-0.3, -0.25) is 9.78 Å². The fraction of sp³-hybridized carbons (Fsp3) is 0.417. The summed E-state index contributed by atoms with van der Waals surface area (Å²) in [5.41, 5.74) is 0.175. The summed E-state index contributed by atoms with van der Waals surface area (Å²) in [6.45, 7) is 3.63. The van der Waals surface area contributed by atoms with Gasteiger partial charge in [0.05, 0.1) is 10.6 Å². The minimum absolute atomic E-state index is 0.165. The molecule has 0 aromatic carbocycles. The predicted molar refractivity (Wildman–Crippen MR) is 67.6 cm³/mol. The van der Waals surface area contributed by atoms with Gasteiger partial charge in [-0.05, 0) is 12.0 Å². The van der Waals surface area contributed by atoms with Gasteiger partial charge in [0.15, 0.2) is 0 Å². The first-order valence-corrected chi connectivity index (χ1v) is 5.98. The van der Waals surface area contributed by atoms with Crippen LogP contribution in [0.15, 0.2) is 18.5 Å². The van der Waals surface area contributed by atoms with Gasteiger partial charge >= 0.3 is 5.97 Å². The SMILES string of the molecule is CCC(C)[C@H](NC(=O)c1cnccc1Cl)C(=O)O. The molecule has 0 saturated heterocycles. The van der Waals surface area contributed by atoms with Crippen LogP contribution < -0.4 is 5.32 Å². The predicted octanol–water partition coefficient (Wildman–Crippen LogP) is 1.96. The Labute approximate surface area is 110 Å². The van der Waals surface area contributed by atoms with Crippen molar-refractivity contribution in [2.24, 2.45) is 5.92 Å². The molecule has 2 atom stereocenters. The molecule has 98 valence electrons. The first-order chi connectivity index (χ1) is 8.47. The molecule has 18 heavy (non-hydrogen) atoms. The molecular formula is C12H15ClN2O3. The summed E-state index contributed by atoms with van der Waals surface area (Å²) in [5, 5.41) is 11.8. The van der Waals surface area contributed by atoms with Gasteiger partial charge in [0.25, 0.3) is 5.91 Å². The van der Waals surface area contributed by atoms with E-state index in [0.29, 0.717) is 6.42 Å². The monoisotopic (exact) mass is 270 g/mol. The third-order valence-corrected chi connectivity index (χ3v) is 3.11. The fourth-order valence-electron chi connectivity index (χ4n) is 1.45. The van der Waals surface area contributed by atoms with Gasteiger partial charge in [-0.2, -0.15) is 0 Å². The van der Waals surface area contributed by atoms with Gasteiger partial charge in [0.2, 0.25) is 0 Å². The maximum Gasteiger partial charge on any atom is 0.326 e. The summed E-state index contributed by atoms with van der Waals surface area (Å²) in [6.07, 6.45) is 3.42. The highest BCUT2D eigenvalue weighted by Gasteiger charge is 2.26. The molecule has 0 fully saturated rings. The van der Waals surface area contributed by atoms with E-state index in [1.165, 1.54) is 18.5 Å². The molecule has 0 aliphatic heterocycles. The number of hydrogen-bond acceptors (Lipinski definition) is 3. The van der Waals surface area contributed by atoms with Crippen LogP contribution in [-0.4, -0.2) is 28.0 Å². The highest BCUT2D eigenvalue weighted by atomic mass is 35.5. The number of carboxylic acid groups (broad SMARTS) is 1. The van der Waals surface area contributed by atoms with Crippen molar-refractivity contribution < 1.29 is 14.7 Å². The van der Waals surface area contributed by atoms with E-state index in [1.807, 2.05) is 6.92 Å². The van der Waals surface area contributed by atoms with Crippen molar-refractivity contribution in [3.8, 4) is 0 Å². The van der Waals surface area contributed by atoms with Crippen LogP contribution in [0.25, 0.3) is 0 Å². The van der Waals surface area contributed by atoms with Crippen LogP contribution in [0.1, 0.15) is 30.6 Å². The van der Waals surface area contributed by atoms with Gasteiger partial charge in [-0.15, -0.1) is 0 Å². The lowest BCUT2D eigenvalue weighted by molar-refractivity contribution is -0.140. The number of amides is 1. The first kappa shape index (κ1) is 14.4. The highest BCUT2D eigenvalue weighted by molar-refractivity contribution is 6.33. The van der Waals surface area contributed by atoms with Gasteiger partial charge in [-0.25, -0.2) is 4.79 Å². The molecule has 1 rings (SSSR count). The summed E-state index contributed by atoms with van der Waals surface area (Å²) in [7, 11) is 0. The number of halogens is 1. The van der Waals surface area contributed by atoms with Gasteiger partial charge in [0.1, 0.15) is 6.04 Å². The minimum atomic E-state index is -1.06. The lowest BCUT2D eigenvalue weighted by Gasteiger charge is -2.20. The van der Waals surface area contributed by atoms with Gasteiger partial charge in [-0.1, -0.05) is 31.9 Å². The van der Waals surface area contributed by atoms with E-state index in [2.05, 4.69) is 10.3 Å². The molecule has 5 nitrogen and oxygen atoms in total. The van der Waals surface area contributed by atoms with Crippen LogP contribution in [-0.2, 0) is 4.79 Å². The summed E-state index contributed by atoms with van der Waals surface area (Å²) >= 11 is 5.85. The number of hydrogen-bond donors (Lipinski definition) is 2. The van der Waals surface area contributed by atoms with Crippen molar-refractivity contribution in [2.75, 3.05) is 0 Å². The van der Waals surface area contributed by atoms with Crippen molar-refractivity contribution in [2.45, 2.75) is 26.3 Å². The molecule has 6 heteroatoms. The van der Waals surface area contributed by atoms with E-state index in [9.17, 15) is 9.59 Å². The molecule has 1 aromatic heterocycles. The second-order valence-electron chi connectivity index (χ2n) is 4.03. The second kappa shape index (κ2) is 6.35. The van der Waals surface area contributed by atoms with E-state index >= 15 is 0 Å². The number of carbonyl (C=O) groups is 2. The lowest BCUT2D eigenvalue weighted by atomic mass is 9.99. The Morgan fingerprint density at radius 1 is 1.56 bits per heavy atom. The van der Waals surface area contributed by atoms with Crippen LogP contribution in [0, 0.1) is 5.92 Å². The summed E-state index contributed by atoms with van der Waals surface area (Å²) in [5.74, 6) is -1.75. The Morgan fingerprint density at radius 2 is 2.22 bits per heavy atom. The van der Waals surface area contributed by atoms with Crippen LogP contribution in [0.2, 0.25) is 5.02 Å². The van der Waals surface area contributed by atoms with E-state index < -0.39 is 17.9 Å². The molecule has 1 amide bonds. The molecule has 0 bridgehead atoms. The largest absolute Gasteiger partial charge is 0.480 e. The standard InChI is InChI=1S/C12H15ClN2O3/c1-3-7(2)10(12(17)18)15-11(16)8-6-14-5-4-9(8)13/h4-7,10H,3H2,1-2H3,(H,15,16)(H,17,18)/t7?,10-/m0/s1. The van der Waals surface area contributed by atoms with E-state index in [-0.39, 0.29) is 16.5 Å². The van der Waals surface area contributed by atoms with Crippen LogP contribution in [0.5, 0.6) is 0 Å². The number of nitrogens with zero attached hydrogens (tertiary/aromatic N) is 1. The Balaban J connectivity index is 2.86.